The third-order valence-corrected chi connectivity index (χ3v) is 3.43. The molecule has 0 radical (unpaired) electrons. The van der Waals surface area contributed by atoms with E-state index in [-0.39, 0.29) is 12.1 Å². The average Bonchev–Trinajstić information content (AvgIpc) is 2.46. The second-order valence-corrected chi connectivity index (χ2v) is 4.56. The average molecular weight is 250 g/mol. The zero-order chi connectivity index (χ0) is 13.0. The van der Waals surface area contributed by atoms with Gasteiger partial charge in [0.2, 0.25) is 0 Å². The molecule has 1 heterocycles. The van der Waals surface area contributed by atoms with Gasteiger partial charge in [0.05, 0.1) is 25.9 Å². The molecule has 3 N–H and O–H groups in total. The van der Waals surface area contributed by atoms with Crippen molar-refractivity contribution < 1.29 is 9.47 Å². The first-order valence-corrected chi connectivity index (χ1v) is 6.51. The minimum absolute atomic E-state index is 0.0526. The SMILES string of the molecule is CCc1cc(C(N)C2CNCCO2)ccc1OC. The monoisotopic (exact) mass is 250 g/mol. The Kier molecular flexibility index (Phi) is 4.58. The molecule has 1 aromatic carbocycles. The van der Waals surface area contributed by atoms with Crippen LogP contribution in [0.1, 0.15) is 24.1 Å². The zero-order valence-corrected chi connectivity index (χ0v) is 11.1. The number of nitrogens with two attached hydrogens (primary N) is 1. The van der Waals surface area contributed by atoms with Gasteiger partial charge >= 0.3 is 0 Å². The number of aryl methyl sites for hydroxylation is 1. The normalized spacial score (nSPS) is 21.6. The molecule has 1 aromatic rings. The van der Waals surface area contributed by atoms with Gasteiger partial charge in [-0.2, -0.15) is 0 Å². The van der Waals surface area contributed by atoms with Crippen LogP contribution in [0.5, 0.6) is 5.75 Å². The molecule has 0 amide bonds. The summed E-state index contributed by atoms with van der Waals surface area (Å²) in [6.07, 6.45) is 0.991. The molecule has 4 heteroatoms. The van der Waals surface area contributed by atoms with Crippen molar-refractivity contribution in [3.8, 4) is 5.75 Å². The van der Waals surface area contributed by atoms with Crippen LogP contribution in [-0.2, 0) is 11.2 Å². The molecular weight excluding hydrogens is 228 g/mol. The maximum Gasteiger partial charge on any atom is 0.122 e. The Morgan fingerprint density at radius 2 is 2.39 bits per heavy atom. The number of hydrogen-bond donors (Lipinski definition) is 2. The first kappa shape index (κ1) is 13.3. The summed E-state index contributed by atoms with van der Waals surface area (Å²) >= 11 is 0. The van der Waals surface area contributed by atoms with Crippen LogP contribution in [0.15, 0.2) is 18.2 Å². The van der Waals surface area contributed by atoms with Gasteiger partial charge < -0.3 is 20.5 Å². The van der Waals surface area contributed by atoms with Crippen molar-refractivity contribution in [3.05, 3.63) is 29.3 Å². The minimum atomic E-state index is -0.0889. The van der Waals surface area contributed by atoms with Crippen LogP contribution in [0.25, 0.3) is 0 Å². The minimum Gasteiger partial charge on any atom is -0.496 e. The zero-order valence-electron chi connectivity index (χ0n) is 11.1. The molecule has 0 aliphatic carbocycles. The van der Waals surface area contributed by atoms with E-state index in [0.717, 1.165) is 37.4 Å². The Balaban J connectivity index is 2.16. The fourth-order valence-corrected chi connectivity index (χ4v) is 2.31. The van der Waals surface area contributed by atoms with E-state index in [4.69, 9.17) is 15.2 Å². The molecular formula is C14H22N2O2. The van der Waals surface area contributed by atoms with Crippen molar-refractivity contribution in [2.75, 3.05) is 26.8 Å². The van der Waals surface area contributed by atoms with Crippen LogP contribution in [-0.4, -0.2) is 32.9 Å². The lowest BCUT2D eigenvalue weighted by Crippen LogP contribution is -2.44. The van der Waals surface area contributed by atoms with Gasteiger partial charge in [-0.05, 0) is 23.6 Å². The van der Waals surface area contributed by atoms with Gasteiger partial charge in [-0.3, -0.25) is 0 Å². The third kappa shape index (κ3) is 2.83. The Bertz CT molecular complexity index is 389. The first-order chi connectivity index (χ1) is 8.76. The van der Waals surface area contributed by atoms with Crippen molar-refractivity contribution >= 4 is 0 Å². The van der Waals surface area contributed by atoms with E-state index >= 15 is 0 Å². The molecule has 0 saturated carbocycles. The van der Waals surface area contributed by atoms with Crippen molar-refractivity contribution in [2.45, 2.75) is 25.5 Å². The number of ether oxygens (including phenoxy) is 2. The van der Waals surface area contributed by atoms with Crippen LogP contribution in [0.3, 0.4) is 0 Å². The molecule has 0 spiro atoms. The second kappa shape index (κ2) is 6.18. The molecule has 2 atom stereocenters. The Labute approximate surface area is 108 Å². The Morgan fingerprint density at radius 3 is 3.00 bits per heavy atom. The van der Waals surface area contributed by atoms with E-state index in [0.29, 0.717) is 0 Å². The molecule has 18 heavy (non-hydrogen) atoms. The fourth-order valence-electron chi connectivity index (χ4n) is 2.31. The Morgan fingerprint density at radius 1 is 1.56 bits per heavy atom. The van der Waals surface area contributed by atoms with Gasteiger partial charge in [0, 0.05) is 13.1 Å². The highest BCUT2D eigenvalue weighted by Gasteiger charge is 2.23. The molecule has 1 fully saturated rings. The van der Waals surface area contributed by atoms with Gasteiger partial charge in [-0.15, -0.1) is 0 Å². The summed E-state index contributed by atoms with van der Waals surface area (Å²) in [5, 5.41) is 3.31. The quantitative estimate of drug-likeness (QED) is 0.844. The van der Waals surface area contributed by atoms with E-state index in [9.17, 15) is 0 Å². The van der Waals surface area contributed by atoms with E-state index in [2.05, 4.69) is 18.3 Å². The maximum atomic E-state index is 6.28. The number of benzene rings is 1. The number of methoxy groups -OCH3 is 1. The highest BCUT2D eigenvalue weighted by Crippen LogP contribution is 2.25. The fraction of sp³-hybridized carbons (Fsp3) is 0.571. The molecule has 0 aromatic heterocycles. The number of hydrogen-bond acceptors (Lipinski definition) is 4. The molecule has 1 aliphatic heterocycles. The summed E-state index contributed by atoms with van der Waals surface area (Å²) in [5.41, 5.74) is 8.58. The van der Waals surface area contributed by atoms with Gasteiger partial charge in [0.25, 0.3) is 0 Å². The highest BCUT2D eigenvalue weighted by molar-refractivity contribution is 5.38. The van der Waals surface area contributed by atoms with E-state index in [1.54, 1.807) is 7.11 Å². The summed E-state index contributed by atoms with van der Waals surface area (Å²) in [6, 6.07) is 6.06. The van der Waals surface area contributed by atoms with Crippen LogP contribution >= 0.6 is 0 Å². The standard InChI is InChI=1S/C14H22N2O2/c1-3-10-8-11(4-5-12(10)17-2)14(15)13-9-16-6-7-18-13/h4-5,8,13-14,16H,3,6-7,9,15H2,1-2H3. The topological polar surface area (TPSA) is 56.5 Å². The summed E-state index contributed by atoms with van der Waals surface area (Å²) in [7, 11) is 1.70. The van der Waals surface area contributed by atoms with E-state index in [1.807, 2.05) is 12.1 Å². The molecule has 1 aliphatic rings. The maximum absolute atomic E-state index is 6.28. The summed E-state index contributed by atoms with van der Waals surface area (Å²) in [5.74, 6) is 0.927. The predicted molar refractivity (Wildman–Crippen MR) is 71.9 cm³/mol. The summed E-state index contributed by atoms with van der Waals surface area (Å²) in [4.78, 5) is 0. The lowest BCUT2D eigenvalue weighted by atomic mass is 9.98. The van der Waals surface area contributed by atoms with Gasteiger partial charge in [0.15, 0.2) is 0 Å². The lowest BCUT2D eigenvalue weighted by Gasteiger charge is -2.29. The smallest absolute Gasteiger partial charge is 0.122 e. The van der Waals surface area contributed by atoms with Crippen molar-refractivity contribution in [3.63, 3.8) is 0 Å². The second-order valence-electron chi connectivity index (χ2n) is 4.56. The predicted octanol–water partition coefficient (Wildman–Crippen LogP) is 1.25. The number of nitrogens with one attached hydrogen (secondary N) is 1. The van der Waals surface area contributed by atoms with Crippen LogP contribution in [0, 0.1) is 0 Å². The van der Waals surface area contributed by atoms with Crippen LogP contribution < -0.4 is 15.8 Å². The van der Waals surface area contributed by atoms with Crippen molar-refractivity contribution in [2.24, 2.45) is 5.73 Å². The van der Waals surface area contributed by atoms with Crippen molar-refractivity contribution in [1.82, 2.24) is 5.32 Å². The lowest BCUT2D eigenvalue weighted by molar-refractivity contribution is 0.0122. The number of morpholine rings is 1. The molecule has 100 valence electrons. The molecule has 2 rings (SSSR count). The summed E-state index contributed by atoms with van der Waals surface area (Å²) in [6.45, 7) is 4.57. The van der Waals surface area contributed by atoms with Crippen molar-refractivity contribution in [1.29, 1.82) is 0 Å². The van der Waals surface area contributed by atoms with Gasteiger partial charge in [0.1, 0.15) is 5.75 Å². The van der Waals surface area contributed by atoms with Crippen LogP contribution in [0.4, 0.5) is 0 Å². The highest BCUT2D eigenvalue weighted by atomic mass is 16.5. The molecule has 2 unspecified atom stereocenters. The number of rotatable bonds is 4. The van der Waals surface area contributed by atoms with Crippen LogP contribution in [0.2, 0.25) is 0 Å². The molecule has 1 saturated heterocycles. The van der Waals surface area contributed by atoms with E-state index in [1.165, 1.54) is 5.56 Å². The third-order valence-electron chi connectivity index (χ3n) is 3.43. The summed E-state index contributed by atoms with van der Waals surface area (Å²) < 4.78 is 11.0. The Hall–Kier alpha value is -1.10. The molecule has 0 bridgehead atoms. The van der Waals surface area contributed by atoms with Gasteiger partial charge in [-0.25, -0.2) is 0 Å². The molecule has 4 nitrogen and oxygen atoms in total. The van der Waals surface area contributed by atoms with E-state index < -0.39 is 0 Å². The largest absolute Gasteiger partial charge is 0.496 e. The first-order valence-electron chi connectivity index (χ1n) is 6.51. The van der Waals surface area contributed by atoms with Gasteiger partial charge in [-0.1, -0.05) is 19.1 Å².